The lowest BCUT2D eigenvalue weighted by Gasteiger charge is -2.37. The number of hydrogen-bond donors (Lipinski definition) is 0. The van der Waals surface area contributed by atoms with Crippen LogP contribution in [0.1, 0.15) is 30.5 Å². The molecule has 2 aromatic rings. The van der Waals surface area contributed by atoms with E-state index in [-0.39, 0.29) is 42.3 Å². The first-order valence-corrected chi connectivity index (χ1v) is 12.2. The van der Waals surface area contributed by atoms with Crippen LogP contribution in [0.5, 0.6) is 5.75 Å². The van der Waals surface area contributed by atoms with Crippen molar-refractivity contribution < 1.29 is 22.7 Å². The van der Waals surface area contributed by atoms with Gasteiger partial charge in [0.05, 0.1) is 24.5 Å². The molecule has 0 spiro atoms. The van der Waals surface area contributed by atoms with Gasteiger partial charge < -0.3 is 14.5 Å². The molecule has 0 saturated carbocycles. The molecule has 33 heavy (non-hydrogen) atoms. The Morgan fingerprint density at radius 2 is 1.67 bits per heavy atom. The number of nitrogens with zero attached hydrogens (tertiary/aromatic N) is 3. The van der Waals surface area contributed by atoms with E-state index in [2.05, 4.69) is 0 Å². The molecule has 0 aromatic heterocycles. The maximum atomic E-state index is 13.1. The minimum Gasteiger partial charge on any atom is -0.497 e. The Hall–Kier alpha value is -3.17. The van der Waals surface area contributed by atoms with Crippen molar-refractivity contribution in [2.75, 3.05) is 33.3 Å². The Morgan fingerprint density at radius 1 is 1.00 bits per heavy atom. The zero-order valence-electron chi connectivity index (χ0n) is 18.7. The van der Waals surface area contributed by atoms with Gasteiger partial charge in [0.25, 0.3) is 0 Å². The highest BCUT2D eigenvalue weighted by Crippen LogP contribution is 2.33. The normalized spacial score (nSPS) is 18.7. The number of methoxy groups -OCH3 is 1. The van der Waals surface area contributed by atoms with Gasteiger partial charge >= 0.3 is 0 Å². The monoisotopic (exact) mass is 469 g/mol. The van der Waals surface area contributed by atoms with Gasteiger partial charge in [-0.05, 0) is 41.5 Å². The summed E-state index contributed by atoms with van der Waals surface area (Å²) in [5.41, 5.74) is 1.92. The van der Waals surface area contributed by atoms with Crippen LogP contribution in [0.2, 0.25) is 0 Å². The van der Waals surface area contributed by atoms with Crippen molar-refractivity contribution in [1.29, 1.82) is 0 Å². The lowest BCUT2D eigenvalue weighted by molar-refractivity contribution is -0.135. The van der Waals surface area contributed by atoms with Crippen LogP contribution < -0.4 is 4.74 Å². The van der Waals surface area contributed by atoms with Gasteiger partial charge in [-0.1, -0.05) is 24.3 Å². The highest BCUT2D eigenvalue weighted by molar-refractivity contribution is 7.89. The van der Waals surface area contributed by atoms with E-state index in [9.17, 15) is 18.0 Å². The number of fused-ring (bicyclic) bond motifs is 1. The third kappa shape index (κ3) is 4.65. The number of benzene rings is 2. The summed E-state index contributed by atoms with van der Waals surface area (Å²) in [5, 5.41) is 0. The van der Waals surface area contributed by atoms with Gasteiger partial charge in [0.15, 0.2) is 0 Å². The SMILES string of the molecule is COc1ccc(S(=O)(=O)N2CCN(C(=O)CC3c4ccccc4C=CN3C(C)=O)CC2)cc1. The van der Waals surface area contributed by atoms with Gasteiger partial charge in [-0.3, -0.25) is 9.59 Å². The van der Waals surface area contributed by atoms with Gasteiger partial charge in [-0.25, -0.2) is 8.42 Å². The van der Waals surface area contributed by atoms with Gasteiger partial charge in [0, 0.05) is 39.3 Å². The molecular formula is C24H27N3O5S. The summed E-state index contributed by atoms with van der Waals surface area (Å²) in [5.74, 6) is 0.356. The van der Waals surface area contributed by atoms with E-state index in [1.807, 2.05) is 30.3 Å². The van der Waals surface area contributed by atoms with Crippen molar-refractivity contribution in [3.63, 3.8) is 0 Å². The minimum atomic E-state index is -3.65. The Labute approximate surface area is 194 Å². The Kier molecular flexibility index (Phi) is 6.53. The van der Waals surface area contributed by atoms with E-state index in [0.29, 0.717) is 18.8 Å². The maximum absolute atomic E-state index is 13.1. The molecule has 2 aliphatic rings. The third-order valence-electron chi connectivity index (χ3n) is 6.13. The lowest BCUT2D eigenvalue weighted by atomic mass is 9.93. The number of carbonyl (C=O) groups excluding carboxylic acids is 2. The molecule has 4 rings (SSSR count). The van der Waals surface area contributed by atoms with Crippen LogP contribution in [-0.4, -0.2) is 67.6 Å². The molecule has 2 aromatic carbocycles. The highest BCUT2D eigenvalue weighted by atomic mass is 32.2. The summed E-state index contributed by atoms with van der Waals surface area (Å²) < 4.78 is 32.4. The molecule has 9 heteroatoms. The number of piperazine rings is 1. The molecule has 2 aliphatic heterocycles. The molecule has 8 nitrogen and oxygen atoms in total. The fraction of sp³-hybridized carbons (Fsp3) is 0.333. The van der Waals surface area contributed by atoms with Gasteiger partial charge in [0.2, 0.25) is 21.8 Å². The quantitative estimate of drug-likeness (QED) is 0.672. The number of rotatable bonds is 5. The molecule has 0 aliphatic carbocycles. The van der Waals surface area contributed by atoms with Gasteiger partial charge in [0.1, 0.15) is 5.75 Å². The van der Waals surface area contributed by atoms with Crippen molar-refractivity contribution in [2.24, 2.45) is 0 Å². The summed E-state index contributed by atoms with van der Waals surface area (Å²) in [7, 11) is -2.12. The van der Waals surface area contributed by atoms with Crippen molar-refractivity contribution in [1.82, 2.24) is 14.1 Å². The maximum Gasteiger partial charge on any atom is 0.243 e. The highest BCUT2D eigenvalue weighted by Gasteiger charge is 2.33. The standard InChI is InChI=1S/C24H27N3O5S/c1-18(28)27-12-11-19-5-3-4-6-22(19)23(27)17-24(29)25-13-15-26(16-14-25)33(30,31)21-9-7-20(32-2)8-10-21/h3-12,23H,13-17H2,1-2H3. The smallest absolute Gasteiger partial charge is 0.243 e. The van der Waals surface area contributed by atoms with E-state index in [4.69, 9.17) is 4.74 Å². The number of hydrogen-bond acceptors (Lipinski definition) is 5. The van der Waals surface area contributed by atoms with Crippen molar-refractivity contribution in [3.05, 3.63) is 65.9 Å². The first-order chi connectivity index (χ1) is 15.8. The van der Waals surface area contributed by atoms with Crippen molar-refractivity contribution in [3.8, 4) is 5.75 Å². The van der Waals surface area contributed by atoms with Crippen LogP contribution >= 0.6 is 0 Å². The first-order valence-electron chi connectivity index (χ1n) is 10.8. The fourth-order valence-corrected chi connectivity index (χ4v) is 5.70. The molecule has 1 fully saturated rings. The van der Waals surface area contributed by atoms with Crippen LogP contribution in [-0.2, 0) is 19.6 Å². The van der Waals surface area contributed by atoms with Crippen LogP contribution in [0, 0.1) is 0 Å². The number of carbonyl (C=O) groups is 2. The zero-order chi connectivity index (χ0) is 23.6. The van der Waals surface area contributed by atoms with Crippen molar-refractivity contribution >= 4 is 27.9 Å². The van der Waals surface area contributed by atoms with E-state index in [0.717, 1.165) is 11.1 Å². The fourth-order valence-electron chi connectivity index (χ4n) is 4.28. The molecule has 1 atom stereocenters. The van der Waals surface area contributed by atoms with E-state index in [1.165, 1.54) is 30.5 Å². The summed E-state index contributed by atoms with van der Waals surface area (Å²) in [6.07, 6.45) is 3.74. The largest absolute Gasteiger partial charge is 0.497 e. The van der Waals surface area contributed by atoms with Crippen LogP contribution in [0.15, 0.2) is 59.6 Å². The van der Waals surface area contributed by atoms with E-state index < -0.39 is 10.0 Å². The molecule has 0 radical (unpaired) electrons. The molecule has 2 heterocycles. The molecule has 0 bridgehead atoms. The lowest BCUT2D eigenvalue weighted by Crippen LogP contribution is -2.51. The van der Waals surface area contributed by atoms with E-state index in [1.54, 1.807) is 28.1 Å². The molecule has 2 amide bonds. The summed E-state index contributed by atoms with van der Waals surface area (Å²) in [6, 6.07) is 13.6. The van der Waals surface area contributed by atoms with E-state index >= 15 is 0 Å². The number of ether oxygens (including phenoxy) is 1. The second-order valence-electron chi connectivity index (χ2n) is 8.05. The average molecular weight is 470 g/mol. The molecular weight excluding hydrogens is 442 g/mol. The van der Waals surface area contributed by atoms with Crippen molar-refractivity contribution in [2.45, 2.75) is 24.3 Å². The van der Waals surface area contributed by atoms with Gasteiger partial charge in [-0.2, -0.15) is 4.31 Å². The molecule has 1 unspecified atom stereocenters. The number of sulfonamides is 1. The minimum absolute atomic E-state index is 0.0992. The first kappa shape index (κ1) is 23.0. The average Bonchev–Trinajstić information content (AvgIpc) is 2.84. The van der Waals surface area contributed by atoms with Gasteiger partial charge in [-0.15, -0.1) is 0 Å². The molecule has 174 valence electrons. The topological polar surface area (TPSA) is 87.2 Å². The Morgan fingerprint density at radius 3 is 2.30 bits per heavy atom. The summed E-state index contributed by atoms with van der Waals surface area (Å²) >= 11 is 0. The van der Waals surface area contributed by atoms with Crippen LogP contribution in [0.3, 0.4) is 0 Å². The Bertz CT molecular complexity index is 1170. The molecule has 1 saturated heterocycles. The predicted molar refractivity (Wildman–Crippen MR) is 124 cm³/mol. The zero-order valence-corrected chi connectivity index (χ0v) is 19.5. The van der Waals surface area contributed by atoms with Crippen LogP contribution in [0.4, 0.5) is 0 Å². The summed E-state index contributed by atoms with van der Waals surface area (Å²) in [4.78, 5) is 28.8. The second-order valence-corrected chi connectivity index (χ2v) is 9.99. The number of amides is 2. The summed E-state index contributed by atoms with van der Waals surface area (Å²) in [6.45, 7) is 2.53. The molecule has 0 N–H and O–H groups in total. The third-order valence-corrected chi connectivity index (χ3v) is 8.04. The second kappa shape index (κ2) is 9.36. The Balaban J connectivity index is 1.43. The predicted octanol–water partition coefficient (Wildman–Crippen LogP) is 2.49. The van der Waals surface area contributed by atoms with Crippen LogP contribution in [0.25, 0.3) is 6.08 Å².